The largest absolute Gasteiger partial charge is 0.399 e. The van der Waals surface area contributed by atoms with Gasteiger partial charge in [-0.3, -0.25) is 4.31 Å². The summed E-state index contributed by atoms with van der Waals surface area (Å²) in [6.07, 6.45) is 1.98. The zero-order chi connectivity index (χ0) is 14.0. The molecule has 0 aliphatic rings. The van der Waals surface area contributed by atoms with Crippen molar-refractivity contribution in [2.45, 2.75) is 18.4 Å². The molecule has 0 aliphatic carbocycles. The van der Waals surface area contributed by atoms with E-state index in [1.807, 2.05) is 6.92 Å². The van der Waals surface area contributed by atoms with Crippen LogP contribution in [-0.4, -0.2) is 25.4 Å². The Morgan fingerprint density at radius 3 is 2.74 bits per heavy atom. The van der Waals surface area contributed by atoms with Gasteiger partial charge in [-0.1, -0.05) is 13.0 Å². The molecule has 3 N–H and O–H groups in total. The summed E-state index contributed by atoms with van der Waals surface area (Å²) in [6.45, 7) is 1.90. The average Bonchev–Trinajstić information content (AvgIpc) is 2.87. The van der Waals surface area contributed by atoms with Crippen LogP contribution in [0.4, 0.5) is 11.4 Å². The van der Waals surface area contributed by atoms with Crippen molar-refractivity contribution in [2.75, 3.05) is 17.1 Å². The van der Waals surface area contributed by atoms with Gasteiger partial charge in [0.05, 0.1) is 11.9 Å². The molecule has 0 saturated carbocycles. The van der Waals surface area contributed by atoms with E-state index >= 15 is 0 Å². The number of H-pyrrole nitrogens is 1. The van der Waals surface area contributed by atoms with Crippen LogP contribution in [0.1, 0.15) is 12.7 Å². The summed E-state index contributed by atoms with van der Waals surface area (Å²) < 4.78 is 26.0. The van der Waals surface area contributed by atoms with Crippen LogP contribution < -0.4 is 10.0 Å². The smallest absolute Gasteiger partial charge is 0.281 e. The summed E-state index contributed by atoms with van der Waals surface area (Å²) in [4.78, 5) is 6.80. The number of sulfonamides is 1. The lowest BCUT2D eigenvalue weighted by atomic mass is 10.3. The van der Waals surface area contributed by atoms with Gasteiger partial charge in [0.2, 0.25) is 0 Å². The monoisotopic (exact) mass is 280 g/mol. The molecule has 0 aliphatic heterocycles. The summed E-state index contributed by atoms with van der Waals surface area (Å²) in [5, 5.41) is 0.0780. The number of hydrogen-bond acceptors (Lipinski definition) is 4. The molecule has 0 atom stereocenters. The van der Waals surface area contributed by atoms with Gasteiger partial charge in [-0.25, -0.2) is 4.98 Å². The van der Waals surface area contributed by atoms with Crippen molar-refractivity contribution in [3.05, 3.63) is 36.3 Å². The van der Waals surface area contributed by atoms with Crippen LogP contribution in [0.5, 0.6) is 0 Å². The number of rotatable bonds is 4. The van der Waals surface area contributed by atoms with Crippen LogP contribution in [-0.2, 0) is 16.4 Å². The quantitative estimate of drug-likeness (QED) is 0.828. The Bertz CT molecular complexity index is 679. The van der Waals surface area contributed by atoms with Gasteiger partial charge in [0, 0.05) is 19.2 Å². The number of imidazole rings is 1. The van der Waals surface area contributed by atoms with E-state index in [1.54, 1.807) is 24.3 Å². The molecule has 1 heterocycles. The molecule has 0 amide bonds. The fourth-order valence-corrected chi connectivity index (χ4v) is 2.78. The fraction of sp³-hybridized carbons (Fsp3) is 0.250. The summed E-state index contributed by atoms with van der Waals surface area (Å²) >= 11 is 0. The zero-order valence-corrected chi connectivity index (χ0v) is 11.6. The zero-order valence-electron chi connectivity index (χ0n) is 10.8. The van der Waals surface area contributed by atoms with Crippen LogP contribution in [0.15, 0.2) is 35.5 Å². The Hall–Kier alpha value is -2.02. The number of hydrogen-bond donors (Lipinski definition) is 2. The summed E-state index contributed by atoms with van der Waals surface area (Å²) in [5.74, 6) is 0.638. The molecule has 7 heteroatoms. The van der Waals surface area contributed by atoms with Crippen molar-refractivity contribution in [2.24, 2.45) is 0 Å². The van der Waals surface area contributed by atoms with Crippen molar-refractivity contribution in [1.82, 2.24) is 9.97 Å². The third-order valence-corrected chi connectivity index (χ3v) is 4.51. The first-order valence-corrected chi connectivity index (χ1v) is 7.27. The first-order chi connectivity index (χ1) is 8.95. The van der Waals surface area contributed by atoms with E-state index in [4.69, 9.17) is 5.73 Å². The molecule has 1 aromatic carbocycles. The minimum absolute atomic E-state index is 0.0780. The van der Waals surface area contributed by atoms with Gasteiger partial charge in [0.25, 0.3) is 10.0 Å². The highest BCUT2D eigenvalue weighted by Gasteiger charge is 2.23. The molecule has 1 aromatic heterocycles. The Morgan fingerprint density at radius 2 is 2.16 bits per heavy atom. The Labute approximate surface area is 112 Å². The highest BCUT2D eigenvalue weighted by atomic mass is 32.2. The molecule has 2 aromatic rings. The summed E-state index contributed by atoms with van der Waals surface area (Å²) in [5.41, 5.74) is 6.68. The molecule has 19 heavy (non-hydrogen) atoms. The molecule has 0 saturated heterocycles. The van der Waals surface area contributed by atoms with E-state index in [-0.39, 0.29) is 5.03 Å². The molecule has 102 valence electrons. The lowest BCUT2D eigenvalue weighted by Crippen LogP contribution is -2.26. The van der Waals surface area contributed by atoms with Gasteiger partial charge in [0.1, 0.15) is 5.82 Å². The number of nitrogens with two attached hydrogens (primary N) is 1. The number of anilines is 2. The van der Waals surface area contributed by atoms with E-state index in [2.05, 4.69) is 9.97 Å². The van der Waals surface area contributed by atoms with Crippen LogP contribution in [0.3, 0.4) is 0 Å². The van der Waals surface area contributed by atoms with Crippen molar-refractivity contribution >= 4 is 21.4 Å². The minimum Gasteiger partial charge on any atom is -0.399 e. The van der Waals surface area contributed by atoms with Crippen LogP contribution in [0.2, 0.25) is 0 Å². The lowest BCUT2D eigenvalue weighted by Gasteiger charge is -2.18. The van der Waals surface area contributed by atoms with Crippen molar-refractivity contribution in [1.29, 1.82) is 0 Å². The average molecular weight is 280 g/mol. The third-order valence-electron chi connectivity index (χ3n) is 2.81. The molecule has 2 rings (SSSR count). The summed E-state index contributed by atoms with van der Waals surface area (Å²) in [7, 11) is -2.16. The Kier molecular flexibility index (Phi) is 3.48. The number of aromatic amines is 1. The molecule has 0 unspecified atom stereocenters. The maximum absolute atomic E-state index is 12.4. The number of nitrogens with zero attached hydrogens (tertiary/aromatic N) is 2. The second kappa shape index (κ2) is 4.93. The standard InChI is InChI=1S/C12H16N4O2S/c1-3-11-14-8-12(15-11)19(17,18)16(2)10-6-4-5-9(13)7-10/h4-8H,3,13H2,1-2H3,(H,14,15). The topological polar surface area (TPSA) is 92.1 Å². The number of nitrogen functional groups attached to an aromatic ring is 1. The lowest BCUT2D eigenvalue weighted by molar-refractivity contribution is 0.591. The third kappa shape index (κ3) is 2.55. The highest BCUT2D eigenvalue weighted by molar-refractivity contribution is 7.92. The predicted octanol–water partition coefficient (Wildman–Crippen LogP) is 1.38. The van der Waals surface area contributed by atoms with E-state index in [9.17, 15) is 8.42 Å². The van der Waals surface area contributed by atoms with Crippen LogP contribution in [0.25, 0.3) is 0 Å². The molecule has 0 bridgehead atoms. The van der Waals surface area contributed by atoms with E-state index in [0.29, 0.717) is 23.6 Å². The molecular formula is C12H16N4O2S. The SMILES string of the molecule is CCc1ncc(S(=O)(=O)N(C)c2cccc(N)c2)[nH]1. The first-order valence-electron chi connectivity index (χ1n) is 5.83. The number of aryl methyl sites for hydroxylation is 1. The molecule has 0 spiro atoms. The maximum atomic E-state index is 12.4. The van der Waals surface area contributed by atoms with Crippen molar-refractivity contribution in [3.8, 4) is 0 Å². The van der Waals surface area contributed by atoms with Gasteiger partial charge < -0.3 is 10.7 Å². The number of benzene rings is 1. The van der Waals surface area contributed by atoms with Gasteiger partial charge in [-0.15, -0.1) is 0 Å². The van der Waals surface area contributed by atoms with Crippen molar-refractivity contribution in [3.63, 3.8) is 0 Å². The molecular weight excluding hydrogens is 264 g/mol. The number of aromatic nitrogens is 2. The summed E-state index contributed by atoms with van der Waals surface area (Å²) in [6, 6.07) is 6.70. The maximum Gasteiger partial charge on any atom is 0.281 e. The van der Waals surface area contributed by atoms with E-state index < -0.39 is 10.0 Å². The van der Waals surface area contributed by atoms with Crippen LogP contribution in [0, 0.1) is 0 Å². The Balaban J connectivity index is 2.39. The normalized spacial score (nSPS) is 11.5. The van der Waals surface area contributed by atoms with E-state index in [0.717, 1.165) is 0 Å². The van der Waals surface area contributed by atoms with Gasteiger partial charge >= 0.3 is 0 Å². The van der Waals surface area contributed by atoms with E-state index in [1.165, 1.54) is 17.5 Å². The van der Waals surface area contributed by atoms with Crippen molar-refractivity contribution < 1.29 is 8.42 Å². The molecule has 0 fully saturated rings. The minimum atomic E-state index is -3.64. The molecule has 0 radical (unpaired) electrons. The van der Waals surface area contributed by atoms with Gasteiger partial charge in [-0.2, -0.15) is 8.42 Å². The molecule has 6 nitrogen and oxygen atoms in total. The van der Waals surface area contributed by atoms with Gasteiger partial charge in [-0.05, 0) is 18.2 Å². The highest BCUT2D eigenvalue weighted by Crippen LogP contribution is 2.22. The second-order valence-corrected chi connectivity index (χ2v) is 6.05. The van der Waals surface area contributed by atoms with Crippen LogP contribution >= 0.6 is 0 Å². The first kappa shape index (κ1) is 13.4. The Morgan fingerprint density at radius 1 is 1.42 bits per heavy atom. The number of nitrogens with one attached hydrogen (secondary N) is 1. The predicted molar refractivity (Wildman–Crippen MR) is 74.4 cm³/mol. The second-order valence-electron chi connectivity index (χ2n) is 4.12. The fourth-order valence-electron chi connectivity index (χ4n) is 1.66. The van der Waals surface area contributed by atoms with Gasteiger partial charge in [0.15, 0.2) is 5.03 Å².